The maximum absolute atomic E-state index is 12.8. The number of hydrogen-bond donors (Lipinski definition) is 3. The summed E-state index contributed by atoms with van der Waals surface area (Å²) in [5, 5.41) is 6.23. The Morgan fingerprint density at radius 2 is 1.72 bits per heavy atom. The molecule has 0 spiro atoms. The topological polar surface area (TPSA) is 64.5 Å². The number of rotatable bonds is 17. The number of hydrogen-bond acceptors (Lipinski definition) is 8. The molecule has 284 valence electrons. The first-order chi connectivity index (χ1) is 25.5. The van der Waals surface area contributed by atoms with Crippen LogP contribution in [0.3, 0.4) is 0 Å². The molecular formula is C43H57N4O2S4+. The van der Waals surface area contributed by atoms with E-state index in [-0.39, 0.29) is 29.8 Å². The Bertz CT molecular complexity index is 1840. The molecule has 0 radical (unpaired) electrons. The van der Waals surface area contributed by atoms with E-state index in [1.54, 1.807) is 11.8 Å². The number of thioether (sulfide) groups is 3. The van der Waals surface area contributed by atoms with Gasteiger partial charge in [-0.25, -0.2) is 0 Å². The number of nitrogens with zero attached hydrogens (tertiary/aromatic N) is 2. The number of allylic oxidation sites excluding steroid dienone is 7. The van der Waals surface area contributed by atoms with E-state index in [1.807, 2.05) is 23.5 Å². The second-order valence-corrected chi connectivity index (χ2v) is 18.2. The van der Waals surface area contributed by atoms with E-state index < -0.39 is 0 Å². The van der Waals surface area contributed by atoms with Gasteiger partial charge in [-0.05, 0) is 123 Å². The van der Waals surface area contributed by atoms with Gasteiger partial charge in [0.1, 0.15) is 12.8 Å². The summed E-state index contributed by atoms with van der Waals surface area (Å²) in [6.45, 7) is 11.3. The molecule has 0 aromatic heterocycles. The summed E-state index contributed by atoms with van der Waals surface area (Å²) < 4.78 is 2.53. The van der Waals surface area contributed by atoms with Crippen LogP contribution >= 0.6 is 47.9 Å². The van der Waals surface area contributed by atoms with Crippen molar-refractivity contribution in [1.82, 2.24) is 10.6 Å². The fraction of sp³-hybridized carbons (Fsp3) is 0.465. The highest BCUT2D eigenvalue weighted by atomic mass is 32.2. The average Bonchev–Trinajstić information content (AvgIpc) is 3.48. The first-order valence-electron chi connectivity index (χ1n) is 18.7. The van der Waals surface area contributed by atoms with Crippen molar-refractivity contribution in [2.45, 2.75) is 80.4 Å². The van der Waals surface area contributed by atoms with E-state index in [0.29, 0.717) is 0 Å². The summed E-state index contributed by atoms with van der Waals surface area (Å²) in [4.78, 5) is 28.5. The molecule has 53 heavy (non-hydrogen) atoms. The SMILES string of the molecule is CSCCCN1/C(=C\C=C2/CCCC(/C=C/C3=[N+](CCCSC)c4ccc(SC)cc4C3(C)C)=C2NCC(=O)NCC=O)C(C)(C)c2cc(S)ccc21. The van der Waals surface area contributed by atoms with Gasteiger partial charge in [-0.1, -0.05) is 26.0 Å². The molecule has 5 rings (SSSR count). The molecule has 0 unspecified atom stereocenters. The van der Waals surface area contributed by atoms with Crippen LogP contribution in [0.15, 0.2) is 93.0 Å². The number of fused-ring (bicyclic) bond motifs is 2. The lowest BCUT2D eigenvalue weighted by Gasteiger charge is -2.28. The highest BCUT2D eigenvalue weighted by Gasteiger charge is 2.44. The molecule has 2 aromatic carbocycles. The highest BCUT2D eigenvalue weighted by molar-refractivity contribution is 7.99. The molecule has 0 atom stereocenters. The first kappa shape index (κ1) is 41.4. The predicted octanol–water partition coefficient (Wildman–Crippen LogP) is 9.09. The Morgan fingerprint density at radius 1 is 0.943 bits per heavy atom. The monoisotopic (exact) mass is 789 g/mol. The Kier molecular flexibility index (Phi) is 14.6. The van der Waals surface area contributed by atoms with Gasteiger partial charge in [0.15, 0.2) is 5.71 Å². The van der Waals surface area contributed by atoms with Crippen LogP contribution in [0.25, 0.3) is 0 Å². The lowest BCUT2D eigenvalue weighted by molar-refractivity contribution is -0.437. The molecule has 6 nitrogen and oxygen atoms in total. The molecule has 2 aromatic rings. The number of benzene rings is 2. The third-order valence-electron chi connectivity index (χ3n) is 10.7. The number of aldehydes is 1. The van der Waals surface area contributed by atoms with Crippen molar-refractivity contribution in [3.63, 3.8) is 0 Å². The zero-order valence-corrected chi connectivity index (χ0v) is 35.9. The van der Waals surface area contributed by atoms with Crippen LogP contribution in [-0.2, 0) is 20.4 Å². The third-order valence-corrected chi connectivity index (χ3v) is 13.1. The maximum atomic E-state index is 12.8. The summed E-state index contributed by atoms with van der Waals surface area (Å²) in [6, 6.07) is 13.4. The quantitative estimate of drug-likeness (QED) is 0.0486. The Morgan fingerprint density at radius 3 is 2.45 bits per heavy atom. The molecule has 2 heterocycles. The van der Waals surface area contributed by atoms with E-state index in [9.17, 15) is 9.59 Å². The van der Waals surface area contributed by atoms with Crippen molar-refractivity contribution in [2.75, 3.05) is 61.4 Å². The van der Waals surface area contributed by atoms with Crippen LogP contribution in [0.1, 0.15) is 70.9 Å². The minimum Gasteiger partial charge on any atom is -0.376 e. The first-order valence-corrected chi connectivity index (χ1v) is 23.1. The van der Waals surface area contributed by atoms with Crippen molar-refractivity contribution in [1.29, 1.82) is 0 Å². The van der Waals surface area contributed by atoms with Crippen molar-refractivity contribution in [3.05, 3.63) is 94.4 Å². The smallest absolute Gasteiger partial charge is 0.239 e. The molecule has 3 aliphatic rings. The zero-order chi connectivity index (χ0) is 38.2. The number of carbonyl (C=O) groups is 2. The molecule has 0 fully saturated rings. The molecule has 1 amide bonds. The van der Waals surface area contributed by atoms with E-state index in [2.05, 4.69) is 127 Å². The third kappa shape index (κ3) is 9.37. The Balaban J connectivity index is 1.58. The Hall–Kier alpha value is -2.79. The lowest BCUT2D eigenvalue weighted by Crippen LogP contribution is -2.35. The molecule has 1 aliphatic carbocycles. The van der Waals surface area contributed by atoms with Crippen molar-refractivity contribution in [3.8, 4) is 0 Å². The molecule has 0 saturated carbocycles. The molecule has 0 saturated heterocycles. The maximum Gasteiger partial charge on any atom is 0.239 e. The van der Waals surface area contributed by atoms with Gasteiger partial charge >= 0.3 is 0 Å². The van der Waals surface area contributed by atoms with Gasteiger partial charge in [0.05, 0.1) is 18.5 Å². The fourth-order valence-electron chi connectivity index (χ4n) is 7.89. The van der Waals surface area contributed by atoms with Gasteiger partial charge in [-0.15, -0.1) is 24.4 Å². The number of carbonyl (C=O) groups excluding carboxylic acids is 2. The number of amides is 1. The highest BCUT2D eigenvalue weighted by Crippen LogP contribution is 2.49. The normalized spacial score (nSPS) is 19.1. The van der Waals surface area contributed by atoms with E-state index in [4.69, 9.17) is 12.6 Å². The summed E-state index contributed by atoms with van der Waals surface area (Å²) in [5.74, 6) is 2.03. The van der Waals surface area contributed by atoms with Gasteiger partial charge < -0.3 is 20.3 Å². The van der Waals surface area contributed by atoms with Gasteiger partial charge in [0.25, 0.3) is 0 Å². The number of anilines is 1. The second-order valence-electron chi connectivity index (χ2n) is 14.9. The van der Waals surface area contributed by atoms with Gasteiger partial charge in [0.2, 0.25) is 11.6 Å². The predicted molar refractivity (Wildman–Crippen MR) is 234 cm³/mol. The van der Waals surface area contributed by atoms with Crippen LogP contribution in [0.5, 0.6) is 0 Å². The molecule has 0 bridgehead atoms. The molecule has 2 aliphatic heterocycles. The summed E-state index contributed by atoms with van der Waals surface area (Å²) in [5.41, 5.74) is 10.9. The van der Waals surface area contributed by atoms with E-state index in [0.717, 1.165) is 73.6 Å². The number of nitrogens with one attached hydrogen (secondary N) is 2. The van der Waals surface area contributed by atoms with Crippen LogP contribution in [0.4, 0.5) is 11.4 Å². The van der Waals surface area contributed by atoms with Gasteiger partial charge in [-0.3, -0.25) is 4.79 Å². The molecule has 2 N–H and O–H groups in total. The fourth-order valence-corrected chi connectivity index (χ4v) is 9.37. The van der Waals surface area contributed by atoms with Crippen LogP contribution in [-0.4, -0.2) is 78.9 Å². The average molecular weight is 790 g/mol. The minimum absolute atomic E-state index is 0.00964. The van der Waals surface area contributed by atoms with E-state index >= 15 is 0 Å². The number of thiol groups is 1. The minimum atomic E-state index is -0.197. The van der Waals surface area contributed by atoms with Crippen LogP contribution in [0.2, 0.25) is 0 Å². The Labute approximate surface area is 336 Å². The van der Waals surface area contributed by atoms with E-state index in [1.165, 1.54) is 50.0 Å². The standard InChI is InChI=1S/C43H56N4O2S4/c1-42(2)34-27-32(50)15-17-36(34)46(22-9-25-51-5)38(42)19-13-30-11-8-12-31(41(30)45-29-40(49)44-21-24-48)14-20-39-43(3,4)35-28-33(53-7)16-18-37(35)47(39)23-10-26-52-6/h13-20,24,27-28H,8-12,21-23,25-26,29H2,1-7H3,(H2,44,49,50)/p+1/b30-13+,38-19-. The summed E-state index contributed by atoms with van der Waals surface area (Å²) >= 11 is 10.3. The molecular weight excluding hydrogens is 733 g/mol. The van der Waals surface area contributed by atoms with Crippen molar-refractivity contribution in [2.24, 2.45) is 0 Å². The summed E-state index contributed by atoms with van der Waals surface area (Å²) in [6.07, 6.45) is 21.5. The lowest BCUT2D eigenvalue weighted by atomic mass is 9.81. The second kappa shape index (κ2) is 18.7. The summed E-state index contributed by atoms with van der Waals surface area (Å²) in [7, 11) is 0. The van der Waals surface area contributed by atoms with Crippen LogP contribution in [0, 0.1) is 0 Å². The van der Waals surface area contributed by atoms with Crippen molar-refractivity contribution < 1.29 is 14.2 Å². The van der Waals surface area contributed by atoms with Gasteiger partial charge in [-0.2, -0.15) is 28.1 Å². The van der Waals surface area contributed by atoms with Gasteiger partial charge in [0, 0.05) is 63.0 Å². The molecule has 10 heteroatoms. The largest absolute Gasteiger partial charge is 0.376 e. The van der Waals surface area contributed by atoms with Crippen LogP contribution < -0.4 is 15.5 Å². The van der Waals surface area contributed by atoms with Crippen molar-refractivity contribution >= 4 is 77.2 Å². The zero-order valence-electron chi connectivity index (χ0n) is 32.5.